The normalized spacial score (nSPS) is 15.9. The summed E-state index contributed by atoms with van der Waals surface area (Å²) in [5.41, 5.74) is 5.09. The molecule has 20 heavy (non-hydrogen) atoms. The van der Waals surface area contributed by atoms with Gasteiger partial charge in [-0.15, -0.1) is 0 Å². The Kier molecular flexibility index (Phi) is 4.86. The summed E-state index contributed by atoms with van der Waals surface area (Å²) in [5.74, 6) is 0. The lowest BCUT2D eigenvalue weighted by Crippen LogP contribution is -2.34. The topological polar surface area (TPSA) is 55.1 Å². The van der Waals surface area contributed by atoms with E-state index in [1.807, 2.05) is 0 Å². The zero-order valence-corrected chi connectivity index (χ0v) is 12.7. The first-order chi connectivity index (χ1) is 8.91. The van der Waals surface area contributed by atoms with E-state index in [0.29, 0.717) is 5.56 Å². The Bertz CT molecular complexity index is 509. The molecule has 1 aromatic rings. The Morgan fingerprint density at radius 2 is 1.75 bits per heavy atom. The molecular formula is C13H19F3N2OS. The Morgan fingerprint density at radius 3 is 2.20 bits per heavy atom. The lowest BCUT2D eigenvalue weighted by molar-refractivity contribution is -0.137. The molecule has 0 fully saturated rings. The predicted octanol–water partition coefficient (Wildman–Crippen LogP) is 3.40. The number of alkyl halides is 3. The molecule has 0 aliphatic heterocycles. The highest BCUT2D eigenvalue weighted by Gasteiger charge is 2.31. The highest BCUT2D eigenvalue weighted by molar-refractivity contribution is 7.84. The number of nitrogen functional groups attached to an aromatic ring is 1. The third-order valence-electron chi connectivity index (χ3n) is 2.64. The van der Waals surface area contributed by atoms with Crippen LogP contribution in [0.3, 0.4) is 0 Å². The van der Waals surface area contributed by atoms with Gasteiger partial charge >= 0.3 is 6.18 Å². The summed E-state index contributed by atoms with van der Waals surface area (Å²) in [7, 11) is -1.37. The van der Waals surface area contributed by atoms with Crippen LogP contribution in [0.2, 0.25) is 0 Å². The lowest BCUT2D eigenvalue weighted by atomic mass is 10.0. The first kappa shape index (κ1) is 17.0. The molecule has 0 radical (unpaired) electrons. The average molecular weight is 308 g/mol. The van der Waals surface area contributed by atoms with Crippen molar-refractivity contribution >= 4 is 16.7 Å². The summed E-state index contributed by atoms with van der Waals surface area (Å²) in [6, 6.07) is 2.86. The monoisotopic (exact) mass is 308 g/mol. The first-order valence-corrected chi connectivity index (χ1v) is 7.22. The van der Waals surface area contributed by atoms with E-state index in [-0.39, 0.29) is 5.69 Å². The maximum absolute atomic E-state index is 12.7. The van der Waals surface area contributed by atoms with Gasteiger partial charge in [0.05, 0.1) is 21.3 Å². The SMILES string of the molecule is C[C@@H](NS(=O)C(C)(C)C)c1cc(N)cc(C(F)(F)F)c1. The van der Waals surface area contributed by atoms with E-state index in [1.54, 1.807) is 27.7 Å². The van der Waals surface area contributed by atoms with Crippen LogP contribution in [0.4, 0.5) is 18.9 Å². The van der Waals surface area contributed by atoms with E-state index >= 15 is 0 Å². The standard InChI is InChI=1S/C13H19F3N2OS/c1-8(18-20(19)12(2,3)4)9-5-10(13(14,15)16)7-11(17)6-9/h5-8,18H,17H2,1-4H3/t8-,20?/m1/s1. The molecule has 114 valence electrons. The molecule has 3 N–H and O–H groups in total. The number of hydrogen-bond donors (Lipinski definition) is 2. The summed E-state index contributed by atoms with van der Waals surface area (Å²) in [4.78, 5) is 0. The van der Waals surface area contributed by atoms with Crippen molar-refractivity contribution in [2.24, 2.45) is 0 Å². The molecule has 1 aromatic carbocycles. The van der Waals surface area contributed by atoms with Gasteiger partial charge in [-0.25, -0.2) is 8.93 Å². The summed E-state index contributed by atoms with van der Waals surface area (Å²) in [6.45, 7) is 6.99. The van der Waals surface area contributed by atoms with Crippen LogP contribution >= 0.6 is 0 Å². The number of rotatable bonds is 3. The zero-order valence-electron chi connectivity index (χ0n) is 11.8. The average Bonchev–Trinajstić information content (AvgIpc) is 2.25. The molecule has 7 heteroatoms. The van der Waals surface area contributed by atoms with Crippen molar-refractivity contribution in [1.29, 1.82) is 0 Å². The van der Waals surface area contributed by atoms with Gasteiger partial charge in [0.2, 0.25) is 0 Å². The molecule has 3 nitrogen and oxygen atoms in total. The molecule has 1 rings (SSSR count). The van der Waals surface area contributed by atoms with Crippen LogP contribution in [0, 0.1) is 0 Å². The van der Waals surface area contributed by atoms with Gasteiger partial charge in [-0.2, -0.15) is 13.2 Å². The molecule has 1 unspecified atom stereocenters. The minimum Gasteiger partial charge on any atom is -0.399 e. The van der Waals surface area contributed by atoms with Gasteiger partial charge in [0, 0.05) is 11.7 Å². The predicted molar refractivity (Wildman–Crippen MR) is 75.3 cm³/mol. The van der Waals surface area contributed by atoms with Crippen molar-refractivity contribution in [3.8, 4) is 0 Å². The Morgan fingerprint density at radius 1 is 1.20 bits per heavy atom. The molecule has 0 saturated heterocycles. The summed E-state index contributed by atoms with van der Waals surface area (Å²) >= 11 is 0. The van der Waals surface area contributed by atoms with Crippen LogP contribution in [-0.2, 0) is 17.2 Å². The van der Waals surface area contributed by atoms with Crippen LogP contribution in [0.15, 0.2) is 18.2 Å². The number of anilines is 1. The second-order valence-corrected chi connectivity index (χ2v) is 7.60. The molecular weight excluding hydrogens is 289 g/mol. The minimum atomic E-state index is -4.45. The third kappa shape index (κ3) is 4.49. The second kappa shape index (κ2) is 5.73. The van der Waals surface area contributed by atoms with Crippen LogP contribution in [-0.4, -0.2) is 8.96 Å². The molecule has 0 heterocycles. The van der Waals surface area contributed by atoms with Gasteiger partial charge in [0.1, 0.15) is 0 Å². The fourth-order valence-corrected chi connectivity index (χ4v) is 2.31. The van der Waals surface area contributed by atoms with Crippen molar-refractivity contribution in [2.75, 3.05) is 5.73 Å². The van der Waals surface area contributed by atoms with E-state index in [4.69, 9.17) is 5.73 Å². The van der Waals surface area contributed by atoms with E-state index in [9.17, 15) is 17.4 Å². The van der Waals surface area contributed by atoms with Gasteiger partial charge in [0.15, 0.2) is 0 Å². The Hall–Kier alpha value is -1.08. The fraction of sp³-hybridized carbons (Fsp3) is 0.538. The second-order valence-electron chi connectivity index (χ2n) is 5.61. The van der Waals surface area contributed by atoms with E-state index < -0.39 is 33.5 Å². The number of halogens is 3. The number of nitrogens with two attached hydrogens (primary N) is 1. The quantitative estimate of drug-likeness (QED) is 0.841. The third-order valence-corrected chi connectivity index (χ3v) is 4.33. The molecule has 0 aromatic heterocycles. The number of benzene rings is 1. The van der Waals surface area contributed by atoms with Crippen molar-refractivity contribution in [3.63, 3.8) is 0 Å². The van der Waals surface area contributed by atoms with Crippen molar-refractivity contribution in [1.82, 2.24) is 4.72 Å². The van der Waals surface area contributed by atoms with E-state index in [2.05, 4.69) is 4.72 Å². The van der Waals surface area contributed by atoms with E-state index in [1.165, 1.54) is 6.07 Å². The number of hydrogen-bond acceptors (Lipinski definition) is 2. The molecule has 0 amide bonds. The van der Waals surface area contributed by atoms with Crippen LogP contribution in [0.25, 0.3) is 0 Å². The van der Waals surface area contributed by atoms with Crippen molar-refractivity contribution in [2.45, 2.75) is 44.7 Å². The molecule has 2 atom stereocenters. The summed E-state index contributed by atoms with van der Waals surface area (Å²) < 4.78 is 52.4. The smallest absolute Gasteiger partial charge is 0.399 e. The molecule has 0 aliphatic rings. The minimum absolute atomic E-state index is 0.0324. The van der Waals surface area contributed by atoms with Gasteiger partial charge in [-0.3, -0.25) is 0 Å². The Balaban J connectivity index is 3.02. The summed E-state index contributed by atoms with van der Waals surface area (Å²) in [6.07, 6.45) is -4.45. The van der Waals surface area contributed by atoms with Crippen LogP contribution in [0.5, 0.6) is 0 Å². The highest BCUT2D eigenvalue weighted by Crippen LogP contribution is 2.32. The molecule has 0 spiro atoms. The van der Waals surface area contributed by atoms with Gasteiger partial charge < -0.3 is 5.73 Å². The van der Waals surface area contributed by atoms with Crippen molar-refractivity contribution in [3.05, 3.63) is 29.3 Å². The van der Waals surface area contributed by atoms with Crippen LogP contribution < -0.4 is 10.5 Å². The summed E-state index contributed by atoms with van der Waals surface area (Å²) in [5, 5.41) is 0. The van der Waals surface area contributed by atoms with Gasteiger partial charge in [0.25, 0.3) is 0 Å². The number of nitrogens with one attached hydrogen (secondary N) is 1. The lowest BCUT2D eigenvalue weighted by Gasteiger charge is -2.23. The van der Waals surface area contributed by atoms with Gasteiger partial charge in [-0.1, -0.05) is 0 Å². The van der Waals surface area contributed by atoms with Gasteiger partial charge in [-0.05, 0) is 51.5 Å². The van der Waals surface area contributed by atoms with E-state index in [0.717, 1.165) is 12.1 Å². The van der Waals surface area contributed by atoms with Crippen molar-refractivity contribution < 1.29 is 17.4 Å². The molecule has 0 aliphatic carbocycles. The maximum atomic E-state index is 12.7. The molecule has 0 bridgehead atoms. The highest BCUT2D eigenvalue weighted by atomic mass is 32.2. The zero-order chi connectivity index (χ0) is 15.7. The largest absolute Gasteiger partial charge is 0.416 e. The fourth-order valence-electron chi connectivity index (χ4n) is 1.50. The van der Waals surface area contributed by atoms with Crippen LogP contribution in [0.1, 0.15) is 44.9 Å². The molecule has 0 saturated carbocycles. The Labute approximate surface area is 119 Å². The first-order valence-electron chi connectivity index (χ1n) is 6.07. The maximum Gasteiger partial charge on any atom is 0.416 e.